The van der Waals surface area contributed by atoms with Gasteiger partial charge in [-0.2, -0.15) is 5.26 Å². The monoisotopic (exact) mass is 248 g/mol. The van der Waals surface area contributed by atoms with Gasteiger partial charge in [0.15, 0.2) is 0 Å². The lowest BCUT2D eigenvalue weighted by atomic mass is 10.1. The van der Waals surface area contributed by atoms with E-state index in [0.29, 0.717) is 24.4 Å². The van der Waals surface area contributed by atoms with Gasteiger partial charge in [-0.1, -0.05) is 0 Å². The highest BCUT2D eigenvalue weighted by molar-refractivity contribution is 5.66. The van der Waals surface area contributed by atoms with Crippen LogP contribution in [0.3, 0.4) is 0 Å². The fraction of sp³-hybridized carbons (Fsp3) is 0.385. The molecule has 5 nitrogen and oxygen atoms in total. The molecule has 96 valence electrons. The second-order valence-electron chi connectivity index (χ2n) is 4.02. The van der Waals surface area contributed by atoms with Crippen LogP contribution in [-0.4, -0.2) is 36.7 Å². The van der Waals surface area contributed by atoms with Gasteiger partial charge in [0, 0.05) is 18.7 Å². The van der Waals surface area contributed by atoms with Crippen molar-refractivity contribution in [2.75, 3.05) is 20.7 Å². The van der Waals surface area contributed by atoms with Crippen LogP contribution in [0.5, 0.6) is 5.75 Å². The number of benzene rings is 1. The topological polar surface area (TPSA) is 73.6 Å². The molecule has 0 bridgehead atoms. The summed E-state index contributed by atoms with van der Waals surface area (Å²) in [6, 6.07) is 7.28. The smallest absolute Gasteiger partial charge is 0.304 e. The summed E-state index contributed by atoms with van der Waals surface area (Å²) < 4.78 is 5.22. The number of ether oxygens (including phenoxy) is 1. The van der Waals surface area contributed by atoms with E-state index in [9.17, 15) is 4.79 Å². The van der Waals surface area contributed by atoms with Gasteiger partial charge >= 0.3 is 5.97 Å². The average molecular weight is 248 g/mol. The Labute approximate surface area is 106 Å². The van der Waals surface area contributed by atoms with E-state index in [-0.39, 0.29) is 6.42 Å². The van der Waals surface area contributed by atoms with Gasteiger partial charge in [-0.15, -0.1) is 0 Å². The number of nitriles is 1. The zero-order chi connectivity index (χ0) is 13.5. The Morgan fingerprint density at radius 3 is 2.83 bits per heavy atom. The Morgan fingerprint density at radius 2 is 2.28 bits per heavy atom. The van der Waals surface area contributed by atoms with Crippen LogP contribution >= 0.6 is 0 Å². The first-order chi connectivity index (χ1) is 8.56. The van der Waals surface area contributed by atoms with E-state index in [2.05, 4.69) is 6.07 Å². The molecule has 0 fully saturated rings. The van der Waals surface area contributed by atoms with Crippen molar-refractivity contribution in [3.63, 3.8) is 0 Å². The molecule has 0 spiro atoms. The maximum atomic E-state index is 10.5. The van der Waals surface area contributed by atoms with Gasteiger partial charge in [0.1, 0.15) is 5.75 Å². The Kier molecular flexibility index (Phi) is 5.15. The molecule has 0 aliphatic carbocycles. The van der Waals surface area contributed by atoms with Crippen LogP contribution in [0, 0.1) is 11.3 Å². The highest BCUT2D eigenvalue weighted by Crippen LogP contribution is 2.21. The molecular weight excluding hydrogens is 232 g/mol. The molecule has 1 rings (SSSR count). The highest BCUT2D eigenvalue weighted by Gasteiger charge is 2.08. The quantitative estimate of drug-likeness (QED) is 0.825. The molecule has 0 atom stereocenters. The first kappa shape index (κ1) is 14.0. The molecule has 1 aromatic carbocycles. The zero-order valence-electron chi connectivity index (χ0n) is 10.5. The van der Waals surface area contributed by atoms with E-state index in [4.69, 9.17) is 15.1 Å². The van der Waals surface area contributed by atoms with Gasteiger partial charge in [0.2, 0.25) is 0 Å². The minimum Gasteiger partial charge on any atom is -0.496 e. The number of carbonyl (C=O) groups is 1. The van der Waals surface area contributed by atoms with Gasteiger partial charge in [-0.25, -0.2) is 0 Å². The summed E-state index contributed by atoms with van der Waals surface area (Å²) in [5.41, 5.74) is 1.45. The summed E-state index contributed by atoms with van der Waals surface area (Å²) in [7, 11) is 3.41. The van der Waals surface area contributed by atoms with Crippen molar-refractivity contribution in [2.24, 2.45) is 0 Å². The van der Waals surface area contributed by atoms with E-state index in [1.165, 1.54) is 0 Å². The lowest BCUT2D eigenvalue weighted by molar-refractivity contribution is -0.137. The van der Waals surface area contributed by atoms with Crippen molar-refractivity contribution in [2.45, 2.75) is 13.0 Å². The maximum absolute atomic E-state index is 10.5. The summed E-state index contributed by atoms with van der Waals surface area (Å²) in [5.74, 6) is -0.115. The van der Waals surface area contributed by atoms with Gasteiger partial charge < -0.3 is 14.7 Å². The van der Waals surface area contributed by atoms with E-state index >= 15 is 0 Å². The third-order valence-corrected chi connectivity index (χ3v) is 2.56. The normalized spacial score (nSPS) is 10.1. The Morgan fingerprint density at radius 1 is 1.56 bits per heavy atom. The predicted octanol–water partition coefficient (Wildman–Crippen LogP) is 1.47. The lowest BCUT2D eigenvalue weighted by Crippen LogP contribution is -2.21. The van der Waals surface area contributed by atoms with Crippen LogP contribution in [0.4, 0.5) is 0 Å². The fourth-order valence-electron chi connectivity index (χ4n) is 1.63. The van der Waals surface area contributed by atoms with Crippen molar-refractivity contribution in [1.29, 1.82) is 5.26 Å². The van der Waals surface area contributed by atoms with Gasteiger partial charge in [-0.05, 0) is 25.2 Å². The lowest BCUT2D eigenvalue weighted by Gasteiger charge is -2.17. The average Bonchev–Trinajstić information content (AvgIpc) is 2.36. The van der Waals surface area contributed by atoms with Crippen molar-refractivity contribution >= 4 is 5.97 Å². The van der Waals surface area contributed by atoms with Crippen molar-refractivity contribution < 1.29 is 14.6 Å². The number of hydrogen-bond acceptors (Lipinski definition) is 4. The third kappa shape index (κ3) is 4.07. The van der Waals surface area contributed by atoms with Crippen LogP contribution in [0.2, 0.25) is 0 Å². The number of carboxylic acid groups (broad SMARTS) is 1. The van der Waals surface area contributed by atoms with E-state index < -0.39 is 5.97 Å². The molecule has 0 radical (unpaired) electrons. The van der Waals surface area contributed by atoms with Gasteiger partial charge in [0.05, 0.1) is 25.2 Å². The molecular formula is C13H16N2O3. The predicted molar refractivity (Wildman–Crippen MR) is 66.3 cm³/mol. The zero-order valence-corrected chi connectivity index (χ0v) is 10.5. The number of aliphatic carboxylic acids is 1. The molecule has 0 unspecified atom stereocenters. The molecule has 1 aromatic rings. The Bertz CT molecular complexity index is 466. The van der Waals surface area contributed by atoms with Gasteiger partial charge in [-0.3, -0.25) is 4.79 Å². The minimum atomic E-state index is -0.820. The van der Waals surface area contributed by atoms with Crippen molar-refractivity contribution in [1.82, 2.24) is 4.90 Å². The molecule has 18 heavy (non-hydrogen) atoms. The number of nitrogens with zero attached hydrogens (tertiary/aromatic N) is 2. The summed E-state index contributed by atoms with van der Waals surface area (Å²) in [6.45, 7) is 1.00. The SMILES string of the molecule is COc1ccc(C#N)cc1CN(C)CCC(=O)O. The molecule has 5 heteroatoms. The molecule has 1 N–H and O–H groups in total. The number of carboxylic acids is 1. The second kappa shape index (κ2) is 6.62. The Hall–Kier alpha value is -2.06. The first-order valence-electron chi connectivity index (χ1n) is 5.54. The van der Waals surface area contributed by atoms with E-state index in [0.717, 1.165) is 5.56 Å². The fourth-order valence-corrected chi connectivity index (χ4v) is 1.63. The van der Waals surface area contributed by atoms with E-state index in [1.807, 2.05) is 11.9 Å². The number of rotatable bonds is 6. The van der Waals surface area contributed by atoms with Crippen molar-refractivity contribution in [3.05, 3.63) is 29.3 Å². The van der Waals surface area contributed by atoms with Crippen LogP contribution in [-0.2, 0) is 11.3 Å². The largest absolute Gasteiger partial charge is 0.496 e. The van der Waals surface area contributed by atoms with Crippen LogP contribution in [0.1, 0.15) is 17.5 Å². The Balaban J connectivity index is 2.75. The van der Waals surface area contributed by atoms with E-state index in [1.54, 1.807) is 25.3 Å². The highest BCUT2D eigenvalue weighted by atomic mass is 16.5. The molecule has 0 heterocycles. The number of hydrogen-bond donors (Lipinski definition) is 1. The third-order valence-electron chi connectivity index (χ3n) is 2.56. The molecule has 0 aliphatic rings. The molecule has 0 saturated carbocycles. The van der Waals surface area contributed by atoms with Crippen LogP contribution < -0.4 is 4.74 Å². The molecule has 0 saturated heterocycles. The minimum absolute atomic E-state index is 0.0940. The standard InChI is InChI=1S/C13H16N2O3/c1-15(6-5-13(16)17)9-11-7-10(8-14)3-4-12(11)18-2/h3-4,7H,5-6,9H2,1-2H3,(H,16,17). The first-order valence-corrected chi connectivity index (χ1v) is 5.54. The second-order valence-corrected chi connectivity index (χ2v) is 4.02. The van der Waals surface area contributed by atoms with Gasteiger partial charge in [0.25, 0.3) is 0 Å². The molecule has 0 amide bonds. The summed E-state index contributed by atoms with van der Waals surface area (Å²) >= 11 is 0. The molecule has 0 aliphatic heterocycles. The van der Waals surface area contributed by atoms with Crippen LogP contribution in [0.15, 0.2) is 18.2 Å². The van der Waals surface area contributed by atoms with Crippen LogP contribution in [0.25, 0.3) is 0 Å². The maximum Gasteiger partial charge on any atom is 0.304 e. The summed E-state index contributed by atoms with van der Waals surface area (Å²) in [5, 5.41) is 17.5. The van der Waals surface area contributed by atoms with Crippen molar-refractivity contribution in [3.8, 4) is 11.8 Å². The number of methoxy groups -OCH3 is 1. The molecule has 0 aromatic heterocycles. The summed E-state index contributed by atoms with van der Waals surface area (Å²) in [4.78, 5) is 12.4. The summed E-state index contributed by atoms with van der Waals surface area (Å²) in [6.07, 6.45) is 0.0940.